The van der Waals surface area contributed by atoms with Crippen LogP contribution in [0.5, 0.6) is 0 Å². The van der Waals surface area contributed by atoms with Crippen molar-refractivity contribution in [2.24, 2.45) is 0 Å². The molecule has 1 aromatic heterocycles. The molecular formula is C25H32N4O3. The number of aromatic nitrogens is 1. The molecule has 1 aliphatic carbocycles. The first-order valence-electron chi connectivity index (χ1n) is 11.2. The van der Waals surface area contributed by atoms with E-state index in [1.165, 1.54) is 11.1 Å². The largest absolute Gasteiger partial charge is 0.349 e. The van der Waals surface area contributed by atoms with Crippen LogP contribution < -0.4 is 15.5 Å². The van der Waals surface area contributed by atoms with Crippen LogP contribution >= 0.6 is 0 Å². The lowest BCUT2D eigenvalue weighted by molar-refractivity contribution is -0.139. The molecule has 2 aromatic rings. The van der Waals surface area contributed by atoms with Crippen molar-refractivity contribution < 1.29 is 14.4 Å². The number of rotatable bonds is 5. The van der Waals surface area contributed by atoms with E-state index in [4.69, 9.17) is 0 Å². The van der Waals surface area contributed by atoms with Gasteiger partial charge in [0.2, 0.25) is 5.91 Å². The molecule has 0 saturated heterocycles. The summed E-state index contributed by atoms with van der Waals surface area (Å²) in [6.45, 7) is 5.62. The molecular weight excluding hydrogens is 404 g/mol. The van der Waals surface area contributed by atoms with Crippen molar-refractivity contribution in [3.8, 4) is 0 Å². The first-order valence-corrected chi connectivity index (χ1v) is 11.2. The number of nitrogens with one attached hydrogen (secondary N) is 2. The summed E-state index contributed by atoms with van der Waals surface area (Å²) >= 11 is 0. The molecule has 0 spiro atoms. The minimum atomic E-state index is -1.02. The van der Waals surface area contributed by atoms with Crippen molar-refractivity contribution in [1.82, 2.24) is 15.6 Å². The molecule has 1 unspecified atom stereocenters. The molecule has 0 bridgehead atoms. The van der Waals surface area contributed by atoms with Crippen LogP contribution in [0.1, 0.15) is 64.5 Å². The molecule has 1 aliphatic rings. The fourth-order valence-electron chi connectivity index (χ4n) is 3.97. The van der Waals surface area contributed by atoms with E-state index < -0.39 is 23.4 Å². The molecule has 7 heteroatoms. The average Bonchev–Trinajstić information content (AvgIpc) is 2.77. The Morgan fingerprint density at radius 1 is 1.00 bits per heavy atom. The first-order chi connectivity index (χ1) is 15.3. The van der Waals surface area contributed by atoms with Crippen molar-refractivity contribution in [1.29, 1.82) is 0 Å². The van der Waals surface area contributed by atoms with E-state index in [2.05, 4.69) is 15.6 Å². The van der Waals surface area contributed by atoms with Crippen LogP contribution in [0, 0.1) is 0 Å². The summed E-state index contributed by atoms with van der Waals surface area (Å²) < 4.78 is 0. The Labute approximate surface area is 189 Å². The van der Waals surface area contributed by atoms with Gasteiger partial charge in [-0.3, -0.25) is 24.3 Å². The number of carbonyl (C=O) groups excluding carboxylic acids is 3. The normalized spacial score (nSPS) is 15.5. The summed E-state index contributed by atoms with van der Waals surface area (Å²) in [5.41, 5.74) is 0.476. The monoisotopic (exact) mass is 436 g/mol. The van der Waals surface area contributed by atoms with E-state index in [0.29, 0.717) is 11.3 Å². The van der Waals surface area contributed by atoms with Gasteiger partial charge in [-0.1, -0.05) is 49.6 Å². The molecule has 170 valence electrons. The SMILES string of the molecule is CC(C)(C)NC(=O)C(c1ccccc1)N(C(=O)C(=O)NC1CCCCC1)c1cccnc1. The number of amides is 3. The Kier molecular flexibility index (Phi) is 7.62. The van der Waals surface area contributed by atoms with Gasteiger partial charge in [0.25, 0.3) is 0 Å². The van der Waals surface area contributed by atoms with Gasteiger partial charge >= 0.3 is 11.8 Å². The Balaban J connectivity index is 1.99. The van der Waals surface area contributed by atoms with Gasteiger partial charge in [-0.05, 0) is 51.3 Å². The molecule has 1 saturated carbocycles. The molecule has 3 amide bonds. The molecule has 1 heterocycles. The highest BCUT2D eigenvalue weighted by Crippen LogP contribution is 2.28. The molecule has 0 aliphatic heterocycles. The number of carbonyl (C=O) groups is 3. The Bertz CT molecular complexity index is 919. The standard InChI is InChI=1S/C25H32N4O3/c1-25(2,3)28-22(30)21(18-11-6-4-7-12-18)29(20-15-10-16-26-17-20)24(32)23(31)27-19-13-8-5-9-14-19/h4,6-7,10-12,15-17,19,21H,5,8-9,13-14H2,1-3H3,(H,27,31)(H,28,30). The molecule has 2 N–H and O–H groups in total. The summed E-state index contributed by atoms with van der Waals surface area (Å²) in [4.78, 5) is 45.3. The van der Waals surface area contributed by atoms with Gasteiger partial charge in [-0.2, -0.15) is 0 Å². The Hall–Kier alpha value is -3.22. The number of benzene rings is 1. The predicted molar refractivity (Wildman–Crippen MR) is 124 cm³/mol. The van der Waals surface area contributed by atoms with Gasteiger partial charge in [0, 0.05) is 17.8 Å². The summed E-state index contributed by atoms with van der Waals surface area (Å²) in [6, 6.07) is 11.3. The first kappa shape index (κ1) is 23.4. The highest BCUT2D eigenvalue weighted by molar-refractivity contribution is 6.41. The lowest BCUT2D eigenvalue weighted by atomic mass is 9.95. The lowest BCUT2D eigenvalue weighted by Crippen LogP contribution is -2.53. The summed E-state index contributed by atoms with van der Waals surface area (Å²) in [6.07, 6.45) is 8.01. The Morgan fingerprint density at radius 3 is 2.28 bits per heavy atom. The third-order valence-electron chi connectivity index (χ3n) is 5.40. The van der Waals surface area contributed by atoms with Gasteiger partial charge in [0.05, 0.1) is 11.9 Å². The van der Waals surface area contributed by atoms with Crippen LogP contribution in [0.25, 0.3) is 0 Å². The molecule has 1 atom stereocenters. The van der Waals surface area contributed by atoms with Crippen molar-refractivity contribution in [2.75, 3.05) is 4.90 Å². The zero-order valence-electron chi connectivity index (χ0n) is 19.0. The maximum Gasteiger partial charge on any atom is 0.317 e. The predicted octanol–water partition coefficient (Wildman–Crippen LogP) is 3.52. The topological polar surface area (TPSA) is 91.4 Å². The second kappa shape index (κ2) is 10.4. The van der Waals surface area contributed by atoms with Crippen LogP contribution in [-0.4, -0.2) is 34.3 Å². The van der Waals surface area contributed by atoms with Gasteiger partial charge in [-0.25, -0.2) is 0 Å². The van der Waals surface area contributed by atoms with E-state index >= 15 is 0 Å². The maximum atomic E-state index is 13.5. The summed E-state index contributed by atoms with van der Waals surface area (Å²) in [7, 11) is 0. The number of nitrogens with zero attached hydrogens (tertiary/aromatic N) is 2. The second-order valence-electron chi connectivity index (χ2n) is 9.25. The fraction of sp³-hybridized carbons (Fsp3) is 0.440. The van der Waals surface area contributed by atoms with Crippen LogP contribution in [-0.2, 0) is 14.4 Å². The molecule has 1 aromatic carbocycles. The molecule has 1 fully saturated rings. The van der Waals surface area contributed by atoms with E-state index in [0.717, 1.165) is 32.1 Å². The second-order valence-corrected chi connectivity index (χ2v) is 9.25. The smallest absolute Gasteiger partial charge is 0.317 e. The third-order valence-corrected chi connectivity index (χ3v) is 5.40. The van der Waals surface area contributed by atoms with Crippen molar-refractivity contribution in [3.63, 3.8) is 0 Å². The van der Waals surface area contributed by atoms with Gasteiger partial charge in [0.1, 0.15) is 6.04 Å². The quantitative estimate of drug-likeness (QED) is 0.702. The van der Waals surface area contributed by atoms with Crippen LogP contribution in [0.15, 0.2) is 54.9 Å². The van der Waals surface area contributed by atoms with Crippen LogP contribution in [0.2, 0.25) is 0 Å². The molecule has 3 rings (SSSR count). The zero-order valence-corrected chi connectivity index (χ0v) is 19.0. The maximum absolute atomic E-state index is 13.5. The average molecular weight is 437 g/mol. The van der Waals surface area contributed by atoms with E-state index in [9.17, 15) is 14.4 Å². The van der Waals surface area contributed by atoms with E-state index in [1.54, 1.807) is 42.6 Å². The van der Waals surface area contributed by atoms with Crippen molar-refractivity contribution >= 4 is 23.4 Å². The summed E-state index contributed by atoms with van der Waals surface area (Å²) in [5.74, 6) is -1.85. The van der Waals surface area contributed by atoms with Crippen LogP contribution in [0.4, 0.5) is 5.69 Å². The van der Waals surface area contributed by atoms with Gasteiger partial charge < -0.3 is 10.6 Å². The van der Waals surface area contributed by atoms with E-state index in [-0.39, 0.29) is 11.9 Å². The minimum absolute atomic E-state index is 0.0190. The van der Waals surface area contributed by atoms with Crippen molar-refractivity contribution in [3.05, 3.63) is 60.4 Å². The van der Waals surface area contributed by atoms with Gasteiger partial charge in [0.15, 0.2) is 0 Å². The van der Waals surface area contributed by atoms with Gasteiger partial charge in [-0.15, -0.1) is 0 Å². The highest BCUT2D eigenvalue weighted by Gasteiger charge is 2.37. The lowest BCUT2D eigenvalue weighted by Gasteiger charge is -2.33. The fourth-order valence-corrected chi connectivity index (χ4v) is 3.97. The molecule has 0 radical (unpaired) electrons. The van der Waals surface area contributed by atoms with Crippen LogP contribution in [0.3, 0.4) is 0 Å². The number of anilines is 1. The number of hydrogen-bond acceptors (Lipinski definition) is 4. The number of pyridine rings is 1. The Morgan fingerprint density at radius 2 is 1.69 bits per heavy atom. The van der Waals surface area contributed by atoms with E-state index in [1.807, 2.05) is 26.8 Å². The van der Waals surface area contributed by atoms with Crippen molar-refractivity contribution in [2.45, 2.75) is 70.5 Å². The minimum Gasteiger partial charge on any atom is -0.349 e. The molecule has 32 heavy (non-hydrogen) atoms. The number of hydrogen-bond donors (Lipinski definition) is 2. The molecule has 7 nitrogen and oxygen atoms in total. The summed E-state index contributed by atoms with van der Waals surface area (Å²) in [5, 5.41) is 5.84. The zero-order chi connectivity index (χ0) is 23.1. The third kappa shape index (κ3) is 6.15. The highest BCUT2D eigenvalue weighted by atomic mass is 16.2.